The van der Waals surface area contributed by atoms with Crippen molar-refractivity contribution < 1.29 is 19.1 Å². The van der Waals surface area contributed by atoms with Gasteiger partial charge in [0, 0.05) is 16.1 Å². The van der Waals surface area contributed by atoms with Crippen LogP contribution in [-0.2, 0) is 14.3 Å². The maximum atomic E-state index is 12.8. The lowest BCUT2D eigenvalue weighted by molar-refractivity contribution is -0.150. The van der Waals surface area contributed by atoms with Crippen molar-refractivity contribution in [3.63, 3.8) is 0 Å². The highest BCUT2D eigenvalue weighted by molar-refractivity contribution is 9.10. The molecule has 2 aromatic carbocycles. The van der Waals surface area contributed by atoms with Crippen LogP contribution < -0.4 is 10.1 Å². The number of hydrogen-bond donors (Lipinski definition) is 1. The van der Waals surface area contributed by atoms with Gasteiger partial charge in [0.2, 0.25) is 5.91 Å². The molecule has 1 N–H and O–H groups in total. The molecule has 31 heavy (non-hydrogen) atoms. The number of ether oxygens (including phenoxy) is 2. The van der Waals surface area contributed by atoms with E-state index in [1.54, 1.807) is 18.2 Å². The van der Waals surface area contributed by atoms with Crippen LogP contribution in [0, 0.1) is 24.2 Å². The fourth-order valence-corrected chi connectivity index (χ4v) is 4.61. The molecule has 1 heterocycles. The molecular formula is C23H21BrN2O4S. The van der Waals surface area contributed by atoms with Gasteiger partial charge in [0.15, 0.2) is 0 Å². The fraction of sp³-hybridized carbons (Fsp3) is 0.261. The van der Waals surface area contributed by atoms with E-state index in [0.717, 1.165) is 15.8 Å². The van der Waals surface area contributed by atoms with Crippen LogP contribution in [0.25, 0.3) is 0 Å². The predicted octanol–water partition coefficient (Wildman–Crippen LogP) is 4.31. The molecule has 160 valence electrons. The van der Waals surface area contributed by atoms with E-state index < -0.39 is 23.7 Å². The molecule has 0 aliphatic carbocycles. The largest absolute Gasteiger partial charge is 0.493 e. The molecule has 0 saturated heterocycles. The zero-order valence-electron chi connectivity index (χ0n) is 17.1. The lowest BCUT2D eigenvalue weighted by Crippen LogP contribution is -2.44. The van der Waals surface area contributed by atoms with Crippen LogP contribution >= 0.6 is 27.7 Å². The summed E-state index contributed by atoms with van der Waals surface area (Å²) < 4.78 is 11.4. The third kappa shape index (κ3) is 5.49. The third-order valence-electron chi connectivity index (χ3n) is 4.81. The van der Waals surface area contributed by atoms with Crippen LogP contribution in [0.15, 0.2) is 63.6 Å². The molecule has 0 radical (unpaired) electrons. The smallest absolute Gasteiger partial charge is 0.319 e. The first-order valence-electron chi connectivity index (χ1n) is 9.55. The van der Waals surface area contributed by atoms with Crippen LogP contribution in [0.2, 0.25) is 0 Å². The van der Waals surface area contributed by atoms with Crippen LogP contribution in [0.5, 0.6) is 5.75 Å². The molecule has 0 aromatic heterocycles. The van der Waals surface area contributed by atoms with Crippen LogP contribution in [0.4, 0.5) is 0 Å². The van der Waals surface area contributed by atoms with Gasteiger partial charge in [0.1, 0.15) is 11.7 Å². The van der Waals surface area contributed by atoms with Crippen molar-refractivity contribution >= 4 is 39.6 Å². The van der Waals surface area contributed by atoms with E-state index in [4.69, 9.17) is 9.47 Å². The number of nitriles is 1. The number of rotatable bonds is 7. The quantitative estimate of drug-likeness (QED) is 0.346. The first-order chi connectivity index (χ1) is 14.9. The van der Waals surface area contributed by atoms with Gasteiger partial charge in [-0.25, -0.2) is 0 Å². The summed E-state index contributed by atoms with van der Waals surface area (Å²) in [5, 5.41) is 13.1. The number of methoxy groups -OCH3 is 1. The molecule has 0 unspecified atom stereocenters. The average Bonchev–Trinajstić information content (AvgIpc) is 2.77. The number of amides is 1. The molecule has 3 rings (SSSR count). The number of esters is 1. The van der Waals surface area contributed by atoms with Crippen LogP contribution in [0.1, 0.15) is 17.0 Å². The summed E-state index contributed by atoms with van der Waals surface area (Å²) in [4.78, 5) is 25.2. The highest BCUT2D eigenvalue weighted by atomic mass is 79.9. The normalized spacial score (nSPS) is 18.2. The summed E-state index contributed by atoms with van der Waals surface area (Å²) in [6.07, 6.45) is 0. The summed E-state index contributed by atoms with van der Waals surface area (Å²) in [6, 6.07) is 17.2. The first-order valence-corrected chi connectivity index (χ1v) is 11.3. The Balaban J connectivity index is 1.83. The Morgan fingerprint density at radius 3 is 2.65 bits per heavy atom. The van der Waals surface area contributed by atoms with Gasteiger partial charge in [-0.1, -0.05) is 45.8 Å². The number of thioether (sulfide) groups is 1. The van der Waals surface area contributed by atoms with Crippen LogP contribution in [0.3, 0.4) is 0 Å². The van der Waals surface area contributed by atoms with E-state index in [9.17, 15) is 14.9 Å². The maximum Gasteiger partial charge on any atom is 0.319 e. The Hall–Kier alpha value is -2.76. The molecular weight excluding hydrogens is 480 g/mol. The molecule has 1 aliphatic heterocycles. The second kappa shape index (κ2) is 10.5. The number of nitrogens with one attached hydrogen (secondary N) is 1. The predicted molar refractivity (Wildman–Crippen MR) is 122 cm³/mol. The minimum atomic E-state index is -1.14. The first kappa shape index (κ1) is 22.9. The number of allylic oxidation sites excluding steroid dienone is 1. The van der Waals surface area contributed by atoms with Crippen molar-refractivity contribution in [2.75, 3.05) is 19.5 Å². The van der Waals surface area contributed by atoms with Crippen molar-refractivity contribution in [1.29, 1.82) is 5.26 Å². The van der Waals surface area contributed by atoms with Gasteiger partial charge in [-0.15, -0.1) is 11.8 Å². The molecule has 1 amide bonds. The van der Waals surface area contributed by atoms with E-state index in [1.807, 2.05) is 37.3 Å². The average molecular weight is 501 g/mol. The summed E-state index contributed by atoms with van der Waals surface area (Å²) >= 11 is 4.73. The standard InChI is InChI=1S/C23H21BrN2O4S/c1-14-6-8-17(9-7-14)30-10-11-31-22-18(13-25)19(15-4-3-5-16(24)12-15)20(21(27)26-22)23(28)29-2/h3-9,12,19-20H,10-11H2,1-2H3,(H,26,27)/t19-,20+/m0/s1. The van der Waals surface area contributed by atoms with Crippen molar-refractivity contribution in [3.8, 4) is 11.8 Å². The van der Waals surface area contributed by atoms with E-state index >= 15 is 0 Å². The number of hydrogen-bond acceptors (Lipinski definition) is 6. The van der Waals surface area contributed by atoms with Gasteiger partial charge in [0.05, 0.1) is 30.4 Å². The molecule has 0 saturated carbocycles. The number of nitrogens with zero attached hydrogens (tertiary/aromatic N) is 1. The molecule has 8 heteroatoms. The van der Waals surface area contributed by atoms with E-state index in [-0.39, 0.29) is 0 Å². The number of aryl methyl sites for hydroxylation is 1. The van der Waals surface area contributed by atoms with E-state index in [0.29, 0.717) is 28.5 Å². The molecule has 0 fully saturated rings. The number of carbonyl (C=O) groups is 2. The second-order valence-electron chi connectivity index (χ2n) is 6.89. The summed E-state index contributed by atoms with van der Waals surface area (Å²) in [7, 11) is 1.23. The van der Waals surface area contributed by atoms with Crippen molar-refractivity contribution in [2.24, 2.45) is 5.92 Å². The Kier molecular flexibility index (Phi) is 7.77. The molecule has 0 spiro atoms. The van der Waals surface area contributed by atoms with Gasteiger partial charge in [0.25, 0.3) is 0 Å². The maximum absolute atomic E-state index is 12.8. The van der Waals surface area contributed by atoms with Crippen molar-refractivity contribution in [2.45, 2.75) is 12.8 Å². The number of halogens is 1. The van der Waals surface area contributed by atoms with Gasteiger partial charge < -0.3 is 14.8 Å². The zero-order valence-corrected chi connectivity index (χ0v) is 19.5. The molecule has 1 aliphatic rings. The highest BCUT2D eigenvalue weighted by Crippen LogP contribution is 2.40. The van der Waals surface area contributed by atoms with Crippen molar-refractivity contribution in [3.05, 3.63) is 74.7 Å². The van der Waals surface area contributed by atoms with Gasteiger partial charge >= 0.3 is 5.97 Å². The number of carbonyl (C=O) groups excluding carboxylic acids is 2. The monoisotopic (exact) mass is 500 g/mol. The summed E-state index contributed by atoms with van der Waals surface area (Å²) in [5.41, 5.74) is 2.16. The molecule has 2 aromatic rings. The SMILES string of the molecule is COC(=O)[C@H]1C(=O)NC(SCCOc2ccc(C)cc2)=C(C#N)[C@@H]1c1cccc(Br)c1. The highest BCUT2D eigenvalue weighted by Gasteiger charge is 2.44. The van der Waals surface area contributed by atoms with Gasteiger partial charge in [-0.2, -0.15) is 5.26 Å². The van der Waals surface area contributed by atoms with Crippen molar-refractivity contribution in [1.82, 2.24) is 5.32 Å². The Morgan fingerprint density at radius 1 is 1.26 bits per heavy atom. The van der Waals surface area contributed by atoms with E-state index in [1.165, 1.54) is 18.9 Å². The van der Waals surface area contributed by atoms with Crippen LogP contribution in [-0.4, -0.2) is 31.3 Å². The lowest BCUT2D eigenvalue weighted by atomic mass is 9.78. The Labute approximate surface area is 193 Å². The summed E-state index contributed by atoms with van der Waals surface area (Å²) in [5.74, 6) is -1.76. The minimum Gasteiger partial charge on any atom is -0.493 e. The molecule has 6 nitrogen and oxygen atoms in total. The second-order valence-corrected chi connectivity index (χ2v) is 8.91. The minimum absolute atomic E-state index is 0.327. The zero-order chi connectivity index (χ0) is 22.4. The molecule has 0 bridgehead atoms. The van der Waals surface area contributed by atoms with Gasteiger partial charge in [-0.3, -0.25) is 9.59 Å². The lowest BCUT2D eigenvalue weighted by Gasteiger charge is -2.31. The van der Waals surface area contributed by atoms with Gasteiger partial charge in [-0.05, 0) is 36.8 Å². The fourth-order valence-electron chi connectivity index (χ4n) is 3.32. The Bertz CT molecular complexity index is 1050. The third-order valence-corrected chi connectivity index (χ3v) is 6.29. The number of benzene rings is 2. The topological polar surface area (TPSA) is 88.4 Å². The van der Waals surface area contributed by atoms with E-state index in [2.05, 4.69) is 27.3 Å². The Morgan fingerprint density at radius 2 is 2.00 bits per heavy atom. The molecule has 2 atom stereocenters. The summed E-state index contributed by atoms with van der Waals surface area (Å²) in [6.45, 7) is 2.40.